The van der Waals surface area contributed by atoms with Gasteiger partial charge in [0.1, 0.15) is 12.1 Å². The summed E-state index contributed by atoms with van der Waals surface area (Å²) in [6.45, 7) is 0. The second kappa shape index (κ2) is 4.66. The Morgan fingerprint density at radius 3 is 2.83 bits per heavy atom. The van der Waals surface area contributed by atoms with Crippen LogP contribution in [-0.2, 0) is 4.79 Å². The van der Waals surface area contributed by atoms with E-state index >= 15 is 0 Å². The summed E-state index contributed by atoms with van der Waals surface area (Å²) in [5, 5.41) is 14.1. The minimum Gasteiger partial charge on any atom is -0.478 e. The van der Waals surface area contributed by atoms with Gasteiger partial charge in [0.05, 0.1) is 5.69 Å². The standard InChI is InChI=1S/C11H8FN3O3/c12-9-5-8(15-6-13-14-11(15)18)3-1-7(9)2-4-10(16)17/h1-6H,(H,14,18)(H,16,17)/b4-2+. The first kappa shape index (κ1) is 11.8. The lowest BCUT2D eigenvalue weighted by Gasteiger charge is -2.02. The van der Waals surface area contributed by atoms with E-state index in [1.165, 1.54) is 18.5 Å². The molecule has 1 aromatic heterocycles. The summed E-state index contributed by atoms with van der Waals surface area (Å²) in [5.41, 5.74) is -0.0559. The number of carboxylic acid groups (broad SMARTS) is 1. The molecule has 1 aromatic carbocycles. The first-order valence-electron chi connectivity index (χ1n) is 4.91. The molecule has 1 heterocycles. The lowest BCUT2D eigenvalue weighted by Crippen LogP contribution is -2.14. The number of rotatable bonds is 3. The minimum absolute atomic E-state index is 0.123. The average Bonchev–Trinajstić information content (AvgIpc) is 2.73. The number of aromatic amines is 1. The SMILES string of the molecule is O=C(O)/C=C/c1ccc(-n2cn[nH]c2=O)cc1F. The van der Waals surface area contributed by atoms with Crippen molar-refractivity contribution in [2.24, 2.45) is 0 Å². The summed E-state index contributed by atoms with van der Waals surface area (Å²) >= 11 is 0. The third-order valence-corrected chi connectivity index (χ3v) is 2.22. The van der Waals surface area contributed by atoms with Gasteiger partial charge in [0.2, 0.25) is 0 Å². The smallest absolute Gasteiger partial charge is 0.347 e. The number of hydrogen-bond donors (Lipinski definition) is 2. The van der Waals surface area contributed by atoms with Crippen molar-refractivity contribution < 1.29 is 14.3 Å². The van der Waals surface area contributed by atoms with Crippen molar-refractivity contribution >= 4 is 12.0 Å². The zero-order valence-electron chi connectivity index (χ0n) is 9.00. The molecule has 92 valence electrons. The van der Waals surface area contributed by atoms with Gasteiger partial charge in [-0.3, -0.25) is 0 Å². The van der Waals surface area contributed by atoms with E-state index in [0.717, 1.165) is 22.8 Å². The molecular formula is C11H8FN3O3. The fourth-order valence-corrected chi connectivity index (χ4v) is 1.39. The van der Waals surface area contributed by atoms with Crippen molar-refractivity contribution in [1.82, 2.24) is 14.8 Å². The third-order valence-electron chi connectivity index (χ3n) is 2.22. The molecule has 0 saturated carbocycles. The Kier molecular flexibility index (Phi) is 3.05. The lowest BCUT2D eigenvalue weighted by atomic mass is 10.1. The first-order valence-corrected chi connectivity index (χ1v) is 4.91. The van der Waals surface area contributed by atoms with Crippen LogP contribution in [0.1, 0.15) is 5.56 Å². The molecule has 2 aromatic rings. The third kappa shape index (κ3) is 2.34. The van der Waals surface area contributed by atoms with Crippen molar-refractivity contribution in [3.63, 3.8) is 0 Å². The van der Waals surface area contributed by atoms with E-state index in [1.54, 1.807) is 0 Å². The quantitative estimate of drug-likeness (QED) is 0.787. The molecule has 0 aliphatic carbocycles. The number of aromatic nitrogens is 3. The molecule has 2 rings (SSSR count). The van der Waals surface area contributed by atoms with E-state index in [1.807, 2.05) is 0 Å². The predicted molar refractivity (Wildman–Crippen MR) is 60.8 cm³/mol. The van der Waals surface area contributed by atoms with Gasteiger partial charge in [-0.2, -0.15) is 5.10 Å². The second-order valence-corrected chi connectivity index (χ2v) is 3.41. The molecule has 2 N–H and O–H groups in total. The molecule has 0 fully saturated rings. The van der Waals surface area contributed by atoms with E-state index in [4.69, 9.17) is 5.11 Å². The Morgan fingerprint density at radius 1 is 1.50 bits per heavy atom. The number of carboxylic acids is 1. The predicted octanol–water partition coefficient (Wildman–Crippen LogP) is 0.798. The number of benzene rings is 1. The van der Waals surface area contributed by atoms with Crippen LogP contribution in [0.5, 0.6) is 0 Å². The Bertz CT molecular complexity index is 672. The number of hydrogen-bond acceptors (Lipinski definition) is 3. The first-order chi connectivity index (χ1) is 8.58. The van der Waals surface area contributed by atoms with Crippen molar-refractivity contribution in [3.05, 3.63) is 52.5 Å². The molecule has 0 unspecified atom stereocenters. The maximum absolute atomic E-state index is 13.6. The normalized spacial score (nSPS) is 10.9. The van der Waals surface area contributed by atoms with Crippen LogP contribution in [0.3, 0.4) is 0 Å². The maximum atomic E-state index is 13.6. The minimum atomic E-state index is -1.16. The van der Waals surface area contributed by atoms with Crippen molar-refractivity contribution in [2.75, 3.05) is 0 Å². The number of nitrogens with zero attached hydrogens (tertiary/aromatic N) is 2. The number of carbonyl (C=O) groups is 1. The van der Waals surface area contributed by atoms with Crippen LogP contribution in [0.15, 0.2) is 35.4 Å². The molecule has 18 heavy (non-hydrogen) atoms. The van der Waals surface area contributed by atoms with E-state index in [0.29, 0.717) is 5.69 Å². The molecule has 0 atom stereocenters. The van der Waals surface area contributed by atoms with Gasteiger partial charge in [-0.15, -0.1) is 0 Å². The Morgan fingerprint density at radius 2 is 2.28 bits per heavy atom. The zero-order valence-corrected chi connectivity index (χ0v) is 9.00. The summed E-state index contributed by atoms with van der Waals surface area (Å²) in [4.78, 5) is 21.6. The van der Waals surface area contributed by atoms with Gasteiger partial charge in [-0.05, 0) is 24.3 Å². The van der Waals surface area contributed by atoms with Crippen molar-refractivity contribution in [2.45, 2.75) is 0 Å². The summed E-state index contributed by atoms with van der Waals surface area (Å²) < 4.78 is 14.8. The average molecular weight is 249 g/mol. The number of halogens is 1. The molecule has 0 saturated heterocycles. The highest BCUT2D eigenvalue weighted by Crippen LogP contribution is 2.14. The monoisotopic (exact) mass is 249 g/mol. The number of nitrogens with one attached hydrogen (secondary N) is 1. The molecule has 7 heteroatoms. The van der Waals surface area contributed by atoms with Gasteiger partial charge in [-0.25, -0.2) is 23.6 Å². The molecule has 0 aliphatic rings. The van der Waals surface area contributed by atoms with E-state index in [-0.39, 0.29) is 5.56 Å². The molecule has 0 spiro atoms. The summed E-state index contributed by atoms with van der Waals surface area (Å²) in [7, 11) is 0. The zero-order chi connectivity index (χ0) is 13.1. The highest BCUT2D eigenvalue weighted by molar-refractivity contribution is 5.85. The molecule has 0 aliphatic heterocycles. The fourth-order valence-electron chi connectivity index (χ4n) is 1.39. The summed E-state index contributed by atoms with van der Waals surface area (Å²) in [6, 6.07) is 3.99. The van der Waals surface area contributed by atoms with Gasteiger partial charge in [-0.1, -0.05) is 0 Å². The lowest BCUT2D eigenvalue weighted by molar-refractivity contribution is -0.131. The topological polar surface area (TPSA) is 88.0 Å². The van der Waals surface area contributed by atoms with Crippen LogP contribution in [0.4, 0.5) is 4.39 Å². The van der Waals surface area contributed by atoms with Crippen LogP contribution in [0.25, 0.3) is 11.8 Å². The molecular weight excluding hydrogens is 241 g/mol. The van der Waals surface area contributed by atoms with Gasteiger partial charge in [0, 0.05) is 11.6 Å². The van der Waals surface area contributed by atoms with Crippen molar-refractivity contribution in [3.8, 4) is 5.69 Å². The summed E-state index contributed by atoms with van der Waals surface area (Å²) in [6.07, 6.45) is 3.20. The second-order valence-electron chi connectivity index (χ2n) is 3.41. The van der Waals surface area contributed by atoms with Crippen LogP contribution in [-0.4, -0.2) is 25.8 Å². The summed E-state index contributed by atoms with van der Waals surface area (Å²) in [5.74, 6) is -1.79. The Balaban J connectivity index is 2.39. The molecule has 0 bridgehead atoms. The largest absolute Gasteiger partial charge is 0.478 e. The number of aliphatic carboxylic acids is 1. The van der Waals surface area contributed by atoms with Gasteiger partial charge >= 0.3 is 11.7 Å². The van der Waals surface area contributed by atoms with E-state index in [2.05, 4.69) is 10.2 Å². The van der Waals surface area contributed by atoms with Gasteiger partial charge in [0.15, 0.2) is 0 Å². The molecule has 0 amide bonds. The Hall–Kier alpha value is -2.70. The fraction of sp³-hybridized carbons (Fsp3) is 0. The van der Waals surface area contributed by atoms with Gasteiger partial charge < -0.3 is 5.11 Å². The van der Waals surface area contributed by atoms with Gasteiger partial charge in [0.25, 0.3) is 0 Å². The van der Waals surface area contributed by atoms with Crippen LogP contribution in [0.2, 0.25) is 0 Å². The van der Waals surface area contributed by atoms with Crippen LogP contribution >= 0.6 is 0 Å². The number of H-pyrrole nitrogens is 1. The molecule has 6 nitrogen and oxygen atoms in total. The van der Waals surface area contributed by atoms with Crippen LogP contribution < -0.4 is 5.69 Å². The van der Waals surface area contributed by atoms with Crippen LogP contribution in [0, 0.1) is 5.82 Å². The maximum Gasteiger partial charge on any atom is 0.347 e. The van der Waals surface area contributed by atoms with E-state index < -0.39 is 17.5 Å². The molecule has 0 radical (unpaired) electrons. The highest BCUT2D eigenvalue weighted by Gasteiger charge is 2.05. The Labute approximate surface area is 100 Å². The van der Waals surface area contributed by atoms with E-state index in [9.17, 15) is 14.0 Å². The van der Waals surface area contributed by atoms with Crippen molar-refractivity contribution in [1.29, 1.82) is 0 Å². The highest BCUT2D eigenvalue weighted by atomic mass is 19.1.